The van der Waals surface area contributed by atoms with Crippen molar-refractivity contribution >= 4 is 10.9 Å². The second-order valence-corrected chi connectivity index (χ2v) is 33.4. The van der Waals surface area contributed by atoms with E-state index in [9.17, 15) is 0 Å². The molecule has 10 heteroatoms. The standard InChI is InChI=1S/C22H26N2.C21H25N3.C21H26N2.C20H24N2O/c1-2-4-20(5-3-1)21-7-6-16(14-23-21)15-24-22-11-17-8-18(12-22)10-19(9-17)13-22;1-2-6-22-19(3-1)20-5-4-15(13-23-20)14-24-21-10-16-7-17(11-21)9-18(8-16)12-21;1-14-3-2-4-18-5-6-19(23-20(14)18)13-22-21-10-15-7-16(11-21)9-17(8-15)12-21;1-2-19(23-5-1)18-4-3-14(12-21-18)13-22-20-9-15-6-16(10-20)8-17(7-15)11-20/h1-7,14,17-19,24H,8-13,15H2;1-6,13,16-18,24H,7-12,14H2;2-6,15-17,22H,7-13H2,1H3;1-5,12,15-17,22H,6-11,13H2. The minimum atomic E-state index is 0.425. The fourth-order valence-electron chi connectivity index (χ4n) is 23.5. The summed E-state index contributed by atoms with van der Waals surface area (Å²) >= 11 is 0. The first kappa shape index (κ1) is 61.2. The van der Waals surface area contributed by atoms with Gasteiger partial charge in [0.05, 0.1) is 34.6 Å². The monoisotopic (exact) mass is 1250 g/mol. The third kappa shape index (κ3) is 13.4. The number of aryl methyl sites for hydroxylation is 1. The van der Waals surface area contributed by atoms with Crippen molar-refractivity contribution in [2.45, 2.75) is 209 Å². The maximum Gasteiger partial charge on any atom is 0.152 e. The summed E-state index contributed by atoms with van der Waals surface area (Å²) in [6.07, 6.45) is 44.5. The lowest BCUT2D eigenvalue weighted by Crippen LogP contribution is -2.58. The molecule has 0 unspecified atom stereocenters. The fourth-order valence-corrected chi connectivity index (χ4v) is 23.5. The summed E-state index contributed by atoms with van der Waals surface area (Å²) in [5.41, 5.74) is 14.3. The van der Waals surface area contributed by atoms with Crippen molar-refractivity contribution in [2.24, 2.45) is 71.0 Å². The predicted molar refractivity (Wildman–Crippen MR) is 377 cm³/mol. The number of pyridine rings is 5. The molecule has 4 N–H and O–H groups in total. The van der Waals surface area contributed by atoms with Crippen molar-refractivity contribution in [1.82, 2.24) is 46.2 Å². The lowest BCUT2D eigenvalue weighted by molar-refractivity contribution is -0.0208. The molecule has 0 saturated heterocycles. The zero-order chi connectivity index (χ0) is 62.7. The Bertz CT molecular complexity index is 3580. The molecular formula is C84H101N9O. The number of hydrogen-bond donors (Lipinski definition) is 4. The molecule has 0 spiro atoms. The molecule has 94 heavy (non-hydrogen) atoms. The van der Waals surface area contributed by atoms with Gasteiger partial charge in [0.2, 0.25) is 0 Å². The second-order valence-electron chi connectivity index (χ2n) is 33.4. The van der Waals surface area contributed by atoms with Crippen LogP contribution in [0.4, 0.5) is 0 Å². The van der Waals surface area contributed by atoms with Crippen molar-refractivity contribution in [3.63, 3.8) is 0 Å². The van der Waals surface area contributed by atoms with Crippen molar-refractivity contribution in [1.29, 1.82) is 0 Å². The van der Waals surface area contributed by atoms with Crippen molar-refractivity contribution in [3.05, 3.63) is 186 Å². The molecule has 0 atom stereocenters. The molecule has 0 radical (unpaired) electrons. The molecule has 24 rings (SSSR count). The summed E-state index contributed by atoms with van der Waals surface area (Å²) in [6.45, 7) is 5.94. The summed E-state index contributed by atoms with van der Waals surface area (Å²) in [5, 5.41) is 17.1. The van der Waals surface area contributed by atoms with Crippen LogP contribution in [0.5, 0.6) is 0 Å². The maximum atomic E-state index is 5.41. The first-order valence-corrected chi connectivity index (χ1v) is 37.2. The van der Waals surface area contributed by atoms with Gasteiger partial charge in [-0.15, -0.1) is 0 Å². The molecule has 2 aromatic carbocycles. The first-order valence-electron chi connectivity index (χ1n) is 37.2. The number of nitrogens with zero attached hydrogens (tertiary/aromatic N) is 5. The van der Waals surface area contributed by atoms with Gasteiger partial charge in [-0.25, -0.2) is 0 Å². The van der Waals surface area contributed by atoms with Crippen LogP contribution in [0.15, 0.2) is 163 Å². The van der Waals surface area contributed by atoms with E-state index in [1.165, 1.54) is 193 Å². The minimum Gasteiger partial charge on any atom is -0.463 e. The van der Waals surface area contributed by atoms with Crippen LogP contribution in [0.1, 0.15) is 182 Å². The van der Waals surface area contributed by atoms with E-state index >= 15 is 0 Å². The maximum absolute atomic E-state index is 5.41. The highest BCUT2D eigenvalue weighted by molar-refractivity contribution is 5.81. The van der Waals surface area contributed by atoms with E-state index in [0.29, 0.717) is 22.2 Å². The molecule has 488 valence electrons. The quantitative estimate of drug-likeness (QED) is 0.0788. The van der Waals surface area contributed by atoms with Gasteiger partial charge in [0, 0.05) is 84.1 Å². The van der Waals surface area contributed by atoms with Crippen molar-refractivity contribution in [3.8, 4) is 34.1 Å². The number of benzene rings is 2. The summed E-state index contributed by atoms with van der Waals surface area (Å²) in [5.74, 6) is 12.8. The second kappa shape index (κ2) is 25.9. The average Bonchev–Trinajstić information content (AvgIpc) is 0.791. The highest BCUT2D eigenvalue weighted by atomic mass is 16.3. The third-order valence-corrected chi connectivity index (χ3v) is 26.0. The number of fused-ring (bicyclic) bond motifs is 1. The summed E-state index contributed by atoms with van der Waals surface area (Å²) < 4.78 is 5.41. The van der Waals surface area contributed by atoms with Crippen LogP contribution in [-0.4, -0.2) is 47.1 Å². The number of nitrogens with one attached hydrogen (secondary N) is 4. The van der Waals surface area contributed by atoms with Crippen LogP contribution in [-0.2, 0) is 26.2 Å². The van der Waals surface area contributed by atoms with E-state index in [0.717, 1.165) is 131 Å². The minimum absolute atomic E-state index is 0.425. The molecule has 16 saturated carbocycles. The summed E-state index contributed by atoms with van der Waals surface area (Å²) in [6, 6.07) is 44.0. The van der Waals surface area contributed by atoms with Crippen LogP contribution in [0.25, 0.3) is 45.0 Å². The fraction of sp³-hybridized carbons (Fsp3) is 0.536. The molecule has 16 aliphatic rings. The highest BCUT2D eigenvalue weighted by Gasteiger charge is 2.54. The van der Waals surface area contributed by atoms with Crippen LogP contribution in [0.3, 0.4) is 0 Å². The van der Waals surface area contributed by atoms with Crippen molar-refractivity contribution < 1.29 is 4.42 Å². The zero-order valence-corrected chi connectivity index (χ0v) is 55.9. The number of furan rings is 1. The molecule has 6 aromatic heterocycles. The van der Waals surface area contributed by atoms with Gasteiger partial charge in [-0.2, -0.15) is 0 Å². The van der Waals surface area contributed by atoms with Gasteiger partial charge >= 0.3 is 0 Å². The topological polar surface area (TPSA) is 126 Å². The Morgan fingerprint density at radius 2 is 0.755 bits per heavy atom. The van der Waals surface area contributed by atoms with Gasteiger partial charge in [0.25, 0.3) is 0 Å². The van der Waals surface area contributed by atoms with Gasteiger partial charge < -0.3 is 25.7 Å². The van der Waals surface area contributed by atoms with Crippen LogP contribution in [0.2, 0.25) is 0 Å². The van der Waals surface area contributed by atoms with Gasteiger partial charge in [-0.3, -0.25) is 24.9 Å². The zero-order valence-electron chi connectivity index (χ0n) is 55.9. The normalized spacial score (nSPS) is 34.4. The third-order valence-electron chi connectivity index (χ3n) is 26.0. The van der Waals surface area contributed by atoms with E-state index in [4.69, 9.17) is 9.40 Å². The molecule has 16 bridgehead atoms. The number of hydrogen-bond acceptors (Lipinski definition) is 10. The van der Waals surface area contributed by atoms with E-state index in [1.54, 1.807) is 6.26 Å². The predicted octanol–water partition coefficient (Wildman–Crippen LogP) is 18.0. The van der Waals surface area contributed by atoms with E-state index < -0.39 is 0 Å². The lowest BCUT2D eigenvalue weighted by Gasteiger charge is -2.57. The summed E-state index contributed by atoms with van der Waals surface area (Å²) in [7, 11) is 0. The van der Waals surface area contributed by atoms with E-state index in [2.05, 4.69) is 145 Å². The number of aromatic nitrogens is 5. The summed E-state index contributed by atoms with van der Waals surface area (Å²) in [4.78, 5) is 23.1. The molecule has 16 aliphatic carbocycles. The Morgan fingerprint density at radius 1 is 0.351 bits per heavy atom. The van der Waals surface area contributed by atoms with Crippen LogP contribution >= 0.6 is 0 Å². The Morgan fingerprint density at radius 3 is 1.15 bits per heavy atom. The Balaban J connectivity index is 0.0000000954. The lowest BCUT2D eigenvalue weighted by atomic mass is 9.53. The van der Waals surface area contributed by atoms with Crippen LogP contribution in [0, 0.1) is 77.9 Å². The number of para-hydroxylation sites is 1. The smallest absolute Gasteiger partial charge is 0.152 e. The van der Waals surface area contributed by atoms with Gasteiger partial charge in [0.15, 0.2) is 5.76 Å². The Kier molecular flexibility index (Phi) is 16.8. The first-order chi connectivity index (χ1) is 46.0. The van der Waals surface area contributed by atoms with Crippen molar-refractivity contribution in [2.75, 3.05) is 0 Å². The van der Waals surface area contributed by atoms with Gasteiger partial charge in [-0.1, -0.05) is 78.9 Å². The number of rotatable bonds is 15. The molecule has 6 heterocycles. The highest BCUT2D eigenvalue weighted by Crippen LogP contribution is 2.59. The molecule has 8 aromatic rings. The molecule has 16 fully saturated rings. The molecule has 0 aliphatic heterocycles. The molecule has 0 amide bonds. The Labute approximate surface area is 559 Å². The van der Waals surface area contributed by atoms with E-state index in [-0.39, 0.29) is 0 Å². The van der Waals surface area contributed by atoms with Gasteiger partial charge in [0.1, 0.15) is 5.69 Å². The molecule has 10 nitrogen and oxygen atoms in total. The van der Waals surface area contributed by atoms with Crippen LogP contribution < -0.4 is 21.3 Å². The average molecular weight is 1250 g/mol. The Hall–Kier alpha value is -6.43. The van der Waals surface area contributed by atoms with Gasteiger partial charge in [-0.05, 0) is 303 Å². The molecular weight excluding hydrogens is 1150 g/mol. The SMILES string of the molecule is Cc1cccc2ccc(CNC34CC5CC(CC(C5)C3)C4)nc12.c1ccc(-c2ccc(CNC34CC5CC(CC(C5)C3)C4)cn2)cc1.c1ccc(-c2ccc(CNC34CC5CC(CC(C5)C3)C4)cn2)nc1.c1coc(-c2ccc(CNC34CC5CC(CC(C5)C3)C4)cn2)c1. The largest absolute Gasteiger partial charge is 0.463 e. The van der Waals surface area contributed by atoms with E-state index in [1.807, 2.05) is 55.0 Å².